The van der Waals surface area contributed by atoms with Crippen LogP contribution < -0.4 is 19.5 Å². The number of nitro benzene ring substituents is 1. The van der Waals surface area contributed by atoms with E-state index in [2.05, 4.69) is 5.32 Å². The summed E-state index contributed by atoms with van der Waals surface area (Å²) in [5.41, 5.74) is -0.454. The predicted octanol–water partition coefficient (Wildman–Crippen LogP) is 2.42. The summed E-state index contributed by atoms with van der Waals surface area (Å²) in [4.78, 5) is 34.7. The second-order valence-electron chi connectivity index (χ2n) is 5.34. The molecule has 0 aromatic heterocycles. The van der Waals surface area contributed by atoms with Gasteiger partial charge in [0.05, 0.1) is 32.3 Å². The Bertz CT molecular complexity index is 897. The molecule has 0 bridgehead atoms. The molecule has 0 aliphatic rings. The van der Waals surface area contributed by atoms with Crippen LogP contribution in [0.4, 0.5) is 11.4 Å². The molecular weight excluding hydrogens is 372 g/mol. The molecule has 0 saturated carbocycles. The molecule has 0 spiro atoms. The molecule has 0 fully saturated rings. The van der Waals surface area contributed by atoms with Crippen molar-refractivity contribution in [3.05, 3.63) is 52.1 Å². The molecule has 1 N–H and O–H groups in total. The summed E-state index contributed by atoms with van der Waals surface area (Å²) in [7, 11) is 4.11. The fourth-order valence-electron chi connectivity index (χ4n) is 2.29. The van der Waals surface area contributed by atoms with Gasteiger partial charge in [0.15, 0.2) is 18.1 Å². The SMILES string of the molecule is COc1cccc(NC(=O)COC(=O)c2cc(OC)c(OC)cc2[N+](=O)[O-])c1. The minimum Gasteiger partial charge on any atom is -0.497 e. The molecule has 2 aromatic carbocycles. The van der Waals surface area contributed by atoms with Crippen LogP contribution in [-0.4, -0.2) is 44.7 Å². The number of nitrogens with one attached hydrogen (secondary N) is 1. The first-order valence-corrected chi connectivity index (χ1v) is 7.91. The number of amides is 1. The van der Waals surface area contributed by atoms with E-state index in [1.807, 2.05) is 0 Å². The lowest BCUT2D eigenvalue weighted by Crippen LogP contribution is -2.21. The van der Waals surface area contributed by atoms with Gasteiger partial charge in [0.25, 0.3) is 11.6 Å². The first kappa shape index (κ1) is 20.5. The van der Waals surface area contributed by atoms with E-state index in [0.29, 0.717) is 11.4 Å². The van der Waals surface area contributed by atoms with Crippen molar-refractivity contribution in [1.29, 1.82) is 0 Å². The van der Waals surface area contributed by atoms with E-state index in [0.717, 1.165) is 12.1 Å². The number of benzene rings is 2. The molecule has 0 radical (unpaired) electrons. The molecule has 0 heterocycles. The number of nitrogens with zero attached hydrogens (tertiary/aromatic N) is 1. The van der Waals surface area contributed by atoms with Crippen LogP contribution in [-0.2, 0) is 9.53 Å². The van der Waals surface area contributed by atoms with E-state index in [9.17, 15) is 19.7 Å². The highest BCUT2D eigenvalue weighted by molar-refractivity contribution is 5.98. The van der Waals surface area contributed by atoms with Crippen molar-refractivity contribution in [2.75, 3.05) is 33.3 Å². The fourth-order valence-corrected chi connectivity index (χ4v) is 2.29. The number of anilines is 1. The quantitative estimate of drug-likeness (QED) is 0.414. The topological polar surface area (TPSA) is 126 Å². The van der Waals surface area contributed by atoms with E-state index < -0.39 is 29.1 Å². The Hall–Kier alpha value is -3.82. The van der Waals surface area contributed by atoms with Crippen LogP contribution in [0.2, 0.25) is 0 Å². The van der Waals surface area contributed by atoms with Gasteiger partial charge in [0.2, 0.25) is 0 Å². The lowest BCUT2D eigenvalue weighted by atomic mass is 10.1. The van der Waals surface area contributed by atoms with E-state index >= 15 is 0 Å². The Morgan fingerprint density at radius 2 is 1.71 bits per heavy atom. The maximum atomic E-state index is 12.3. The van der Waals surface area contributed by atoms with Crippen LogP contribution >= 0.6 is 0 Å². The van der Waals surface area contributed by atoms with Gasteiger partial charge in [-0.2, -0.15) is 0 Å². The number of carbonyl (C=O) groups is 2. The van der Waals surface area contributed by atoms with Gasteiger partial charge in [-0.1, -0.05) is 6.07 Å². The molecule has 0 aliphatic heterocycles. The van der Waals surface area contributed by atoms with Crippen LogP contribution in [0.25, 0.3) is 0 Å². The molecule has 2 aromatic rings. The number of carbonyl (C=O) groups excluding carboxylic acids is 2. The van der Waals surface area contributed by atoms with E-state index in [-0.39, 0.29) is 17.1 Å². The summed E-state index contributed by atoms with van der Waals surface area (Å²) in [6.07, 6.45) is 0. The van der Waals surface area contributed by atoms with Gasteiger partial charge < -0.3 is 24.3 Å². The van der Waals surface area contributed by atoms with Crippen LogP contribution in [0, 0.1) is 10.1 Å². The minimum absolute atomic E-state index is 0.0847. The highest BCUT2D eigenvalue weighted by Gasteiger charge is 2.26. The maximum Gasteiger partial charge on any atom is 0.345 e. The summed E-state index contributed by atoms with van der Waals surface area (Å²) in [5, 5.41) is 13.8. The molecule has 0 saturated heterocycles. The number of methoxy groups -OCH3 is 3. The normalized spacial score (nSPS) is 9.96. The van der Waals surface area contributed by atoms with Crippen LogP contribution in [0.5, 0.6) is 17.2 Å². The van der Waals surface area contributed by atoms with Crippen LogP contribution in [0.1, 0.15) is 10.4 Å². The third-order valence-corrected chi connectivity index (χ3v) is 3.61. The Kier molecular flexibility index (Phi) is 6.74. The molecule has 10 nitrogen and oxygen atoms in total. The zero-order chi connectivity index (χ0) is 20.7. The average molecular weight is 390 g/mol. The summed E-state index contributed by atoms with van der Waals surface area (Å²) in [5.74, 6) is -0.934. The number of hydrogen-bond donors (Lipinski definition) is 1. The number of hydrogen-bond acceptors (Lipinski definition) is 8. The lowest BCUT2D eigenvalue weighted by Gasteiger charge is -2.11. The van der Waals surface area contributed by atoms with Crippen molar-refractivity contribution in [3.8, 4) is 17.2 Å². The number of esters is 1. The molecule has 0 aliphatic carbocycles. The van der Waals surface area contributed by atoms with E-state index in [1.54, 1.807) is 24.3 Å². The highest BCUT2D eigenvalue weighted by atomic mass is 16.6. The van der Waals surface area contributed by atoms with Crippen molar-refractivity contribution in [2.24, 2.45) is 0 Å². The summed E-state index contributed by atoms with van der Waals surface area (Å²) < 4.78 is 20.0. The smallest absolute Gasteiger partial charge is 0.345 e. The van der Waals surface area contributed by atoms with Crippen LogP contribution in [0.3, 0.4) is 0 Å². The van der Waals surface area contributed by atoms with Gasteiger partial charge in [-0.05, 0) is 12.1 Å². The second-order valence-corrected chi connectivity index (χ2v) is 5.34. The minimum atomic E-state index is -1.05. The molecule has 28 heavy (non-hydrogen) atoms. The summed E-state index contributed by atoms with van der Waals surface area (Å²) in [6.45, 7) is -0.637. The van der Waals surface area contributed by atoms with Gasteiger partial charge in [0.1, 0.15) is 11.3 Å². The standard InChI is InChI=1S/C18H18N2O8/c1-25-12-6-4-5-11(7-12)19-17(21)10-28-18(22)13-8-15(26-2)16(27-3)9-14(13)20(23)24/h4-9H,10H2,1-3H3,(H,19,21). The Balaban J connectivity index is 2.11. The summed E-state index contributed by atoms with van der Waals surface area (Å²) in [6, 6.07) is 8.75. The molecule has 148 valence electrons. The van der Waals surface area contributed by atoms with E-state index in [1.165, 1.54) is 21.3 Å². The molecule has 1 amide bonds. The molecule has 0 atom stereocenters. The third-order valence-electron chi connectivity index (χ3n) is 3.61. The zero-order valence-corrected chi connectivity index (χ0v) is 15.4. The molecular formula is C18H18N2O8. The first-order chi connectivity index (χ1) is 13.4. The van der Waals surface area contributed by atoms with Crippen LogP contribution in [0.15, 0.2) is 36.4 Å². The highest BCUT2D eigenvalue weighted by Crippen LogP contribution is 2.34. The molecule has 2 rings (SSSR count). The van der Waals surface area contributed by atoms with Gasteiger partial charge in [0, 0.05) is 17.8 Å². The summed E-state index contributed by atoms with van der Waals surface area (Å²) >= 11 is 0. The number of ether oxygens (including phenoxy) is 4. The average Bonchev–Trinajstić information content (AvgIpc) is 2.70. The van der Waals surface area contributed by atoms with Crippen molar-refractivity contribution < 1.29 is 33.5 Å². The van der Waals surface area contributed by atoms with Gasteiger partial charge >= 0.3 is 5.97 Å². The maximum absolute atomic E-state index is 12.3. The molecule has 0 unspecified atom stereocenters. The predicted molar refractivity (Wildman–Crippen MR) is 98.1 cm³/mol. The Labute approximate surface area is 160 Å². The number of rotatable bonds is 8. The van der Waals surface area contributed by atoms with Crippen molar-refractivity contribution in [3.63, 3.8) is 0 Å². The third kappa shape index (κ3) is 4.87. The molecule has 10 heteroatoms. The zero-order valence-electron chi connectivity index (χ0n) is 15.4. The van der Waals surface area contributed by atoms with Crippen molar-refractivity contribution >= 4 is 23.3 Å². The van der Waals surface area contributed by atoms with Crippen molar-refractivity contribution in [1.82, 2.24) is 0 Å². The van der Waals surface area contributed by atoms with Crippen molar-refractivity contribution in [2.45, 2.75) is 0 Å². The largest absolute Gasteiger partial charge is 0.497 e. The first-order valence-electron chi connectivity index (χ1n) is 7.91. The Morgan fingerprint density at radius 1 is 1.04 bits per heavy atom. The van der Waals surface area contributed by atoms with Gasteiger partial charge in [-0.3, -0.25) is 14.9 Å². The van der Waals surface area contributed by atoms with Gasteiger partial charge in [-0.15, -0.1) is 0 Å². The van der Waals surface area contributed by atoms with Gasteiger partial charge in [-0.25, -0.2) is 4.79 Å². The Morgan fingerprint density at radius 3 is 2.32 bits per heavy atom. The van der Waals surface area contributed by atoms with E-state index in [4.69, 9.17) is 18.9 Å². The second kappa shape index (κ2) is 9.21. The fraction of sp³-hybridized carbons (Fsp3) is 0.222. The lowest BCUT2D eigenvalue weighted by molar-refractivity contribution is -0.385. The number of nitro groups is 1. The monoisotopic (exact) mass is 390 g/mol.